The minimum Gasteiger partial charge on any atom is -0.338 e. The van der Waals surface area contributed by atoms with Gasteiger partial charge in [0.05, 0.1) is 12.3 Å². The summed E-state index contributed by atoms with van der Waals surface area (Å²) in [6.07, 6.45) is 7.30. The molecule has 0 radical (unpaired) electrons. The van der Waals surface area contributed by atoms with Crippen LogP contribution in [0.5, 0.6) is 0 Å². The van der Waals surface area contributed by atoms with E-state index in [9.17, 15) is 13.2 Å². The van der Waals surface area contributed by atoms with Crippen molar-refractivity contribution in [2.75, 3.05) is 25.9 Å². The number of nitrogens with zero attached hydrogens (tertiary/aromatic N) is 1. The highest BCUT2D eigenvalue weighted by atomic mass is 32.2. The Morgan fingerprint density at radius 1 is 1.50 bits per heavy atom. The molecule has 0 spiro atoms. The van der Waals surface area contributed by atoms with Crippen molar-refractivity contribution in [2.24, 2.45) is 11.8 Å². The molecule has 0 aromatic carbocycles. The normalized spacial score (nSPS) is 21.4. The van der Waals surface area contributed by atoms with Crippen LogP contribution in [0.1, 0.15) is 20.3 Å². The van der Waals surface area contributed by atoms with Gasteiger partial charge in [-0.25, -0.2) is 17.5 Å². The van der Waals surface area contributed by atoms with E-state index in [0.29, 0.717) is 19.6 Å². The van der Waals surface area contributed by atoms with Gasteiger partial charge in [-0.15, -0.1) is 6.42 Å². The molecule has 20 heavy (non-hydrogen) atoms. The summed E-state index contributed by atoms with van der Waals surface area (Å²) in [6, 6.07) is -0.606. The van der Waals surface area contributed by atoms with Crippen molar-refractivity contribution in [1.82, 2.24) is 14.9 Å². The maximum atomic E-state index is 11.7. The summed E-state index contributed by atoms with van der Waals surface area (Å²) in [4.78, 5) is 11.7. The lowest BCUT2D eigenvalue weighted by molar-refractivity contribution is 0.235. The number of rotatable bonds is 5. The number of sulfonamides is 1. The lowest BCUT2D eigenvalue weighted by Crippen LogP contribution is -2.45. The number of terminal acetylenes is 1. The van der Waals surface area contributed by atoms with Gasteiger partial charge in [-0.1, -0.05) is 19.8 Å². The van der Waals surface area contributed by atoms with Crippen LogP contribution in [0, 0.1) is 24.2 Å². The Labute approximate surface area is 121 Å². The number of hydrogen-bond acceptors (Lipinski definition) is 3. The zero-order chi connectivity index (χ0) is 15.3. The zero-order valence-corrected chi connectivity index (χ0v) is 13.0. The molecule has 1 aliphatic heterocycles. The average Bonchev–Trinajstić information content (AvgIpc) is 2.81. The van der Waals surface area contributed by atoms with Crippen molar-refractivity contribution >= 4 is 16.1 Å². The maximum absolute atomic E-state index is 11.7. The average molecular weight is 301 g/mol. The van der Waals surface area contributed by atoms with Gasteiger partial charge in [0.2, 0.25) is 10.0 Å². The van der Waals surface area contributed by atoms with Gasteiger partial charge in [-0.2, -0.15) is 0 Å². The van der Waals surface area contributed by atoms with Gasteiger partial charge in [0.1, 0.15) is 0 Å². The largest absolute Gasteiger partial charge is 0.338 e. The van der Waals surface area contributed by atoms with Crippen LogP contribution in [0.25, 0.3) is 0 Å². The van der Waals surface area contributed by atoms with Gasteiger partial charge < -0.3 is 10.6 Å². The standard InChI is InChI=1S/C13H23N3O3S/c1-5-12(10(2)3)15-13(17)14-8-11-6-7-16(9-11)20(4,18)19/h1,10-12H,6-9H2,2-4H3,(H2,14,15,17). The van der Waals surface area contributed by atoms with E-state index in [1.165, 1.54) is 10.6 Å². The van der Waals surface area contributed by atoms with Crippen molar-refractivity contribution in [3.05, 3.63) is 0 Å². The van der Waals surface area contributed by atoms with Gasteiger partial charge in [0.25, 0.3) is 0 Å². The Bertz CT molecular complexity index is 482. The molecule has 6 nitrogen and oxygen atoms in total. The molecule has 1 rings (SSSR count). The second-order valence-electron chi connectivity index (χ2n) is 5.52. The van der Waals surface area contributed by atoms with Crippen molar-refractivity contribution < 1.29 is 13.2 Å². The third-order valence-electron chi connectivity index (χ3n) is 3.40. The molecular weight excluding hydrogens is 278 g/mol. The molecule has 2 unspecified atom stereocenters. The Morgan fingerprint density at radius 3 is 2.60 bits per heavy atom. The highest BCUT2D eigenvalue weighted by Crippen LogP contribution is 2.17. The lowest BCUT2D eigenvalue weighted by atomic mass is 10.1. The summed E-state index contributed by atoms with van der Waals surface area (Å²) in [5.41, 5.74) is 0. The molecule has 1 heterocycles. The van der Waals surface area contributed by atoms with Gasteiger partial charge >= 0.3 is 6.03 Å². The van der Waals surface area contributed by atoms with Crippen LogP contribution < -0.4 is 10.6 Å². The summed E-state index contributed by atoms with van der Waals surface area (Å²) in [6.45, 7) is 5.30. The molecule has 0 bridgehead atoms. The number of nitrogens with one attached hydrogen (secondary N) is 2. The predicted molar refractivity (Wildman–Crippen MR) is 78.5 cm³/mol. The second kappa shape index (κ2) is 6.95. The van der Waals surface area contributed by atoms with Crippen LogP contribution in [0.2, 0.25) is 0 Å². The van der Waals surface area contributed by atoms with Gasteiger partial charge in [0.15, 0.2) is 0 Å². The fourth-order valence-electron chi connectivity index (χ4n) is 2.10. The smallest absolute Gasteiger partial charge is 0.315 e. The van der Waals surface area contributed by atoms with E-state index in [-0.39, 0.29) is 23.9 Å². The van der Waals surface area contributed by atoms with Crippen LogP contribution in [-0.2, 0) is 10.0 Å². The monoisotopic (exact) mass is 301 g/mol. The molecule has 7 heteroatoms. The quantitative estimate of drug-likeness (QED) is 0.713. The molecular formula is C13H23N3O3S. The number of hydrogen-bond donors (Lipinski definition) is 2. The fourth-order valence-corrected chi connectivity index (χ4v) is 3.01. The number of urea groups is 1. The van der Waals surface area contributed by atoms with E-state index in [0.717, 1.165) is 6.42 Å². The number of carbonyl (C=O) groups excluding carboxylic acids is 1. The van der Waals surface area contributed by atoms with Gasteiger partial charge in [-0.05, 0) is 18.3 Å². The highest BCUT2D eigenvalue weighted by Gasteiger charge is 2.28. The van der Waals surface area contributed by atoms with Crippen LogP contribution in [0.4, 0.5) is 4.79 Å². The molecule has 114 valence electrons. The minimum atomic E-state index is -3.13. The molecule has 0 aliphatic carbocycles. The van der Waals surface area contributed by atoms with Crippen LogP contribution in [0.3, 0.4) is 0 Å². The van der Waals surface area contributed by atoms with E-state index in [4.69, 9.17) is 6.42 Å². The second-order valence-corrected chi connectivity index (χ2v) is 7.50. The summed E-state index contributed by atoms with van der Waals surface area (Å²) >= 11 is 0. The summed E-state index contributed by atoms with van der Waals surface area (Å²) in [7, 11) is -3.13. The maximum Gasteiger partial charge on any atom is 0.315 e. The van der Waals surface area contributed by atoms with Crippen LogP contribution in [-0.4, -0.2) is 50.7 Å². The van der Waals surface area contributed by atoms with Gasteiger partial charge in [0, 0.05) is 19.6 Å². The summed E-state index contributed by atoms with van der Waals surface area (Å²) < 4.78 is 24.2. The zero-order valence-electron chi connectivity index (χ0n) is 12.2. The first-order valence-corrected chi connectivity index (χ1v) is 8.54. The predicted octanol–water partition coefficient (Wildman–Crippen LogP) is 0.225. The Morgan fingerprint density at radius 2 is 2.15 bits per heavy atom. The van der Waals surface area contributed by atoms with Crippen molar-refractivity contribution in [2.45, 2.75) is 26.3 Å². The molecule has 0 aromatic rings. The third-order valence-corrected chi connectivity index (χ3v) is 4.67. The number of carbonyl (C=O) groups is 1. The lowest BCUT2D eigenvalue weighted by Gasteiger charge is -2.18. The molecule has 0 aromatic heterocycles. The molecule has 1 saturated heterocycles. The first kappa shape index (κ1) is 16.8. The number of amides is 2. The van der Waals surface area contributed by atoms with Crippen molar-refractivity contribution in [1.29, 1.82) is 0 Å². The topological polar surface area (TPSA) is 78.5 Å². The van der Waals surface area contributed by atoms with E-state index in [2.05, 4.69) is 16.6 Å². The Hall–Kier alpha value is -1.26. The Balaban J connectivity index is 2.35. The van der Waals surface area contributed by atoms with E-state index in [1.807, 2.05) is 13.8 Å². The first-order valence-electron chi connectivity index (χ1n) is 6.69. The molecule has 1 fully saturated rings. The Kier molecular flexibility index (Phi) is 5.84. The third kappa shape index (κ3) is 5.02. The summed E-state index contributed by atoms with van der Waals surface area (Å²) in [5.74, 6) is 2.84. The highest BCUT2D eigenvalue weighted by molar-refractivity contribution is 7.88. The molecule has 1 aliphatic rings. The molecule has 2 atom stereocenters. The van der Waals surface area contributed by atoms with Crippen LogP contribution in [0.15, 0.2) is 0 Å². The van der Waals surface area contributed by atoms with E-state index in [1.54, 1.807) is 0 Å². The molecule has 0 saturated carbocycles. The van der Waals surface area contributed by atoms with E-state index >= 15 is 0 Å². The molecule has 2 amide bonds. The minimum absolute atomic E-state index is 0.152. The van der Waals surface area contributed by atoms with Gasteiger partial charge in [-0.3, -0.25) is 0 Å². The first-order chi connectivity index (χ1) is 9.24. The van der Waals surface area contributed by atoms with E-state index < -0.39 is 10.0 Å². The van der Waals surface area contributed by atoms with Crippen molar-refractivity contribution in [3.63, 3.8) is 0 Å². The van der Waals surface area contributed by atoms with Crippen LogP contribution >= 0.6 is 0 Å². The fraction of sp³-hybridized carbons (Fsp3) is 0.769. The van der Waals surface area contributed by atoms with Crippen molar-refractivity contribution in [3.8, 4) is 12.3 Å². The SMILES string of the molecule is C#CC(NC(=O)NCC1CCN(S(C)(=O)=O)C1)C(C)C. The summed E-state index contributed by atoms with van der Waals surface area (Å²) in [5, 5.41) is 5.46. The molecule has 2 N–H and O–H groups in total.